The van der Waals surface area contributed by atoms with Crippen LogP contribution in [0, 0.1) is 5.41 Å². The number of nitrogens with one attached hydrogen (secondary N) is 1. The van der Waals surface area contributed by atoms with Crippen molar-refractivity contribution in [2.75, 3.05) is 13.7 Å². The Hall–Kier alpha value is -1.92. The van der Waals surface area contributed by atoms with Crippen LogP contribution in [0.25, 0.3) is 0 Å². The van der Waals surface area contributed by atoms with Gasteiger partial charge in [-0.3, -0.25) is 4.79 Å². The lowest BCUT2D eigenvalue weighted by atomic mass is 9.65. The van der Waals surface area contributed by atoms with Crippen LogP contribution in [0.1, 0.15) is 36.6 Å². The number of hydrogen-bond donors (Lipinski definition) is 2. The van der Waals surface area contributed by atoms with Gasteiger partial charge in [-0.1, -0.05) is 30.2 Å². The van der Waals surface area contributed by atoms with Gasteiger partial charge in [0.2, 0.25) is 5.91 Å². The molecule has 3 rings (SSSR count). The van der Waals surface area contributed by atoms with Crippen LogP contribution in [-0.4, -0.2) is 45.0 Å². The Labute approximate surface area is 145 Å². The van der Waals surface area contributed by atoms with Gasteiger partial charge in [0.1, 0.15) is 0 Å². The van der Waals surface area contributed by atoms with Crippen LogP contribution >= 0.6 is 11.6 Å². The summed E-state index contributed by atoms with van der Waals surface area (Å²) in [7, 11) is 1.75. The molecule has 1 fully saturated rings. The van der Waals surface area contributed by atoms with E-state index in [1.54, 1.807) is 30.3 Å². The highest BCUT2D eigenvalue weighted by atomic mass is 35.5. The summed E-state index contributed by atoms with van der Waals surface area (Å²) in [6, 6.07) is 6.85. The molecule has 1 aliphatic rings. The van der Waals surface area contributed by atoms with E-state index in [9.17, 15) is 9.90 Å². The van der Waals surface area contributed by atoms with E-state index in [1.165, 1.54) is 0 Å². The Morgan fingerprint density at radius 3 is 2.62 bits per heavy atom. The first-order chi connectivity index (χ1) is 11.6. The third kappa shape index (κ3) is 3.16. The van der Waals surface area contributed by atoms with Crippen molar-refractivity contribution < 1.29 is 9.90 Å². The summed E-state index contributed by atoms with van der Waals surface area (Å²) >= 11 is 5.93. The van der Waals surface area contributed by atoms with E-state index >= 15 is 0 Å². The molecular formula is C17H21ClN4O2. The van der Waals surface area contributed by atoms with Gasteiger partial charge in [0, 0.05) is 18.5 Å². The number of aliphatic hydroxyl groups is 1. The quantitative estimate of drug-likeness (QED) is 0.839. The van der Waals surface area contributed by atoms with Gasteiger partial charge >= 0.3 is 0 Å². The van der Waals surface area contributed by atoms with Gasteiger partial charge in [-0.05, 0) is 30.5 Å². The van der Waals surface area contributed by atoms with Crippen molar-refractivity contribution in [1.82, 2.24) is 20.3 Å². The zero-order valence-electron chi connectivity index (χ0n) is 13.6. The summed E-state index contributed by atoms with van der Waals surface area (Å²) in [5, 5.41) is 21.0. The summed E-state index contributed by atoms with van der Waals surface area (Å²) in [6.45, 7) is -0.135. The lowest BCUT2D eigenvalue weighted by Gasteiger charge is -2.44. The molecule has 0 bridgehead atoms. The van der Waals surface area contributed by atoms with Crippen LogP contribution in [-0.2, 0) is 11.2 Å². The Morgan fingerprint density at radius 1 is 1.42 bits per heavy atom. The maximum atomic E-state index is 13.1. The predicted molar refractivity (Wildman–Crippen MR) is 90.4 cm³/mol. The first-order valence-electron chi connectivity index (χ1n) is 8.04. The second kappa shape index (κ2) is 6.91. The first kappa shape index (κ1) is 16.9. The smallest absolute Gasteiger partial charge is 0.229 e. The number of nitrogens with zero attached hydrogens (tertiary/aromatic N) is 3. The molecule has 0 aliphatic heterocycles. The van der Waals surface area contributed by atoms with Gasteiger partial charge in [0.25, 0.3) is 0 Å². The molecule has 0 spiro atoms. The number of benzene rings is 1. The summed E-state index contributed by atoms with van der Waals surface area (Å²) in [5.41, 5.74) is 1.23. The summed E-state index contributed by atoms with van der Waals surface area (Å²) in [6.07, 6.45) is 4.94. The van der Waals surface area contributed by atoms with E-state index < -0.39 is 5.41 Å². The van der Waals surface area contributed by atoms with Crippen LogP contribution in [0.3, 0.4) is 0 Å². The standard InChI is InChI=1S/C17H21ClN4O2/c1-22(15(11-23)12-3-5-13(18)6-4-12)16(24)17(7-2-8-17)9-14-10-19-21-20-14/h3-6,10,15,23H,2,7-9,11H2,1H3,(H,19,20,21). The molecule has 24 heavy (non-hydrogen) atoms. The van der Waals surface area contributed by atoms with Gasteiger partial charge in [0.05, 0.1) is 30.0 Å². The SMILES string of the molecule is CN(C(=O)C1(Cc2cn[nH]n2)CCC1)C(CO)c1ccc(Cl)cc1. The van der Waals surface area contributed by atoms with Crippen molar-refractivity contribution in [3.05, 3.63) is 46.7 Å². The highest BCUT2D eigenvalue weighted by Crippen LogP contribution is 2.45. The van der Waals surface area contributed by atoms with E-state index in [4.69, 9.17) is 11.6 Å². The first-order valence-corrected chi connectivity index (χ1v) is 8.42. The number of rotatable bonds is 6. The number of H-pyrrole nitrogens is 1. The van der Waals surface area contributed by atoms with Crippen molar-refractivity contribution in [1.29, 1.82) is 0 Å². The third-order valence-electron chi connectivity index (χ3n) is 4.96. The monoisotopic (exact) mass is 348 g/mol. The molecule has 1 aromatic heterocycles. The highest BCUT2D eigenvalue weighted by molar-refractivity contribution is 6.30. The fraction of sp³-hybridized carbons (Fsp3) is 0.471. The molecule has 1 unspecified atom stereocenters. The van der Waals surface area contributed by atoms with Crippen molar-refractivity contribution in [3.8, 4) is 0 Å². The number of amides is 1. The molecule has 7 heteroatoms. The van der Waals surface area contributed by atoms with Gasteiger partial charge < -0.3 is 10.0 Å². The minimum Gasteiger partial charge on any atom is -0.394 e. The molecule has 1 aliphatic carbocycles. The van der Waals surface area contributed by atoms with Gasteiger partial charge in [-0.15, -0.1) is 0 Å². The Bertz CT molecular complexity index is 683. The molecule has 1 atom stereocenters. The van der Waals surface area contributed by atoms with Crippen molar-refractivity contribution >= 4 is 17.5 Å². The number of aromatic nitrogens is 3. The average molecular weight is 349 g/mol. The maximum Gasteiger partial charge on any atom is 0.229 e. The fourth-order valence-electron chi connectivity index (χ4n) is 3.38. The number of carbonyl (C=O) groups is 1. The zero-order chi connectivity index (χ0) is 17.2. The number of carbonyl (C=O) groups excluding carboxylic acids is 1. The number of aromatic amines is 1. The minimum absolute atomic E-state index is 0.0470. The van der Waals surface area contributed by atoms with Gasteiger partial charge in [-0.2, -0.15) is 15.4 Å². The van der Waals surface area contributed by atoms with E-state index in [2.05, 4.69) is 15.4 Å². The van der Waals surface area contributed by atoms with Crippen molar-refractivity contribution in [2.45, 2.75) is 31.7 Å². The van der Waals surface area contributed by atoms with E-state index in [0.29, 0.717) is 11.4 Å². The molecule has 1 saturated carbocycles. The molecule has 128 valence electrons. The summed E-state index contributed by atoms with van der Waals surface area (Å²) in [4.78, 5) is 14.8. The number of likely N-dealkylation sites (N-methyl/N-ethyl adjacent to an activating group) is 1. The number of hydrogen-bond acceptors (Lipinski definition) is 4. The largest absolute Gasteiger partial charge is 0.394 e. The second-order valence-corrected chi connectivity index (χ2v) is 6.87. The molecule has 2 aromatic rings. The minimum atomic E-state index is -0.439. The maximum absolute atomic E-state index is 13.1. The molecule has 1 aromatic carbocycles. The number of halogens is 1. The highest BCUT2D eigenvalue weighted by Gasteiger charge is 2.47. The lowest BCUT2D eigenvalue weighted by Crippen LogP contribution is -2.49. The van der Waals surface area contributed by atoms with E-state index in [1.807, 2.05) is 12.1 Å². The van der Waals surface area contributed by atoms with Gasteiger partial charge in [-0.25, -0.2) is 0 Å². The predicted octanol–water partition coefficient (Wildman–Crippen LogP) is 2.36. The van der Waals surface area contributed by atoms with Crippen LogP contribution in [0.4, 0.5) is 0 Å². The molecule has 6 nitrogen and oxygen atoms in total. The molecular weight excluding hydrogens is 328 g/mol. The fourth-order valence-corrected chi connectivity index (χ4v) is 3.51. The Morgan fingerprint density at radius 2 is 2.12 bits per heavy atom. The van der Waals surface area contributed by atoms with E-state index in [0.717, 1.165) is 30.5 Å². The topological polar surface area (TPSA) is 82.1 Å². The van der Waals surface area contributed by atoms with Gasteiger partial charge in [0.15, 0.2) is 0 Å². The zero-order valence-corrected chi connectivity index (χ0v) is 14.3. The second-order valence-electron chi connectivity index (χ2n) is 6.44. The van der Waals surface area contributed by atoms with Crippen LogP contribution in [0.5, 0.6) is 0 Å². The average Bonchev–Trinajstić information content (AvgIpc) is 3.05. The van der Waals surface area contributed by atoms with Crippen molar-refractivity contribution in [2.24, 2.45) is 5.41 Å². The molecule has 2 N–H and O–H groups in total. The number of aliphatic hydroxyl groups excluding tert-OH is 1. The summed E-state index contributed by atoms with van der Waals surface area (Å²) in [5.74, 6) is 0.0470. The van der Waals surface area contributed by atoms with Crippen LogP contribution < -0.4 is 0 Å². The van der Waals surface area contributed by atoms with Crippen LogP contribution in [0.2, 0.25) is 5.02 Å². The Balaban J connectivity index is 1.80. The third-order valence-corrected chi connectivity index (χ3v) is 5.22. The summed E-state index contributed by atoms with van der Waals surface area (Å²) < 4.78 is 0. The molecule has 0 radical (unpaired) electrons. The molecule has 1 amide bonds. The Kier molecular flexibility index (Phi) is 4.87. The van der Waals surface area contributed by atoms with E-state index in [-0.39, 0.29) is 18.6 Å². The van der Waals surface area contributed by atoms with Crippen LogP contribution in [0.15, 0.2) is 30.5 Å². The molecule has 1 heterocycles. The lowest BCUT2D eigenvalue weighted by molar-refractivity contribution is -0.149. The molecule has 0 saturated heterocycles. The van der Waals surface area contributed by atoms with Crippen molar-refractivity contribution in [3.63, 3.8) is 0 Å². The normalized spacial score (nSPS) is 17.1.